The van der Waals surface area contributed by atoms with Crippen molar-refractivity contribution in [3.05, 3.63) is 11.9 Å². The lowest BCUT2D eigenvalue weighted by molar-refractivity contribution is 0.861. The molecule has 3 rings (SSSR count). The summed E-state index contributed by atoms with van der Waals surface area (Å²) in [6.07, 6.45) is 1.31. The topological polar surface area (TPSA) is 130 Å². The van der Waals surface area contributed by atoms with E-state index in [0.29, 0.717) is 17.7 Å². The maximum absolute atomic E-state index is 7.37. The Bertz CT molecular complexity index is 639. The molecule has 15 heavy (non-hydrogen) atoms. The molecule has 74 valence electrons. The van der Waals surface area contributed by atoms with Gasteiger partial charge in [-0.3, -0.25) is 10.7 Å². The molecule has 0 atom stereocenters. The molecule has 0 saturated carbocycles. The summed E-state index contributed by atoms with van der Waals surface area (Å²) in [7, 11) is 0. The molecular weight excluding hydrogens is 198 g/mol. The number of guanidine groups is 1. The van der Waals surface area contributed by atoms with Crippen LogP contribution in [0.4, 0.5) is 11.9 Å². The second-order valence-corrected chi connectivity index (χ2v) is 2.80. The number of anilines is 1. The average Bonchev–Trinajstić information content (AvgIpc) is 2.16. The van der Waals surface area contributed by atoms with Gasteiger partial charge in [-0.15, -0.1) is 0 Å². The highest BCUT2D eigenvalue weighted by molar-refractivity contribution is 5.93. The van der Waals surface area contributed by atoms with Gasteiger partial charge in [0.25, 0.3) is 0 Å². The SMILES string of the molecule is N=c1nc2n3c(ncnc3n1)N=C(N)N2. The lowest BCUT2D eigenvalue weighted by atomic mass is 10.7. The van der Waals surface area contributed by atoms with Crippen LogP contribution in [0.2, 0.25) is 0 Å². The zero-order valence-corrected chi connectivity index (χ0v) is 7.34. The maximum atomic E-state index is 7.37. The van der Waals surface area contributed by atoms with Crippen LogP contribution in [0, 0.1) is 5.41 Å². The lowest BCUT2D eigenvalue weighted by Crippen LogP contribution is -2.30. The minimum atomic E-state index is -0.142. The summed E-state index contributed by atoms with van der Waals surface area (Å²) >= 11 is 0. The number of hydrogen-bond acceptors (Lipinski definition) is 8. The van der Waals surface area contributed by atoms with Gasteiger partial charge in [-0.1, -0.05) is 0 Å². The van der Waals surface area contributed by atoms with Crippen LogP contribution in [0.1, 0.15) is 0 Å². The summed E-state index contributed by atoms with van der Waals surface area (Å²) in [6, 6.07) is 0. The Morgan fingerprint density at radius 2 is 2.20 bits per heavy atom. The highest BCUT2D eigenvalue weighted by Crippen LogP contribution is 2.15. The van der Waals surface area contributed by atoms with Crippen LogP contribution in [0.3, 0.4) is 0 Å². The van der Waals surface area contributed by atoms with Crippen molar-refractivity contribution in [3.8, 4) is 0 Å². The molecule has 0 aromatic carbocycles. The van der Waals surface area contributed by atoms with Crippen LogP contribution in [0.25, 0.3) is 5.78 Å². The molecule has 1 aliphatic rings. The number of aromatic nitrogens is 5. The van der Waals surface area contributed by atoms with Crippen molar-refractivity contribution in [2.24, 2.45) is 10.7 Å². The fourth-order valence-electron chi connectivity index (χ4n) is 1.29. The summed E-state index contributed by atoms with van der Waals surface area (Å²) in [4.78, 5) is 19.4. The van der Waals surface area contributed by atoms with Gasteiger partial charge in [0.05, 0.1) is 0 Å². The molecule has 1 aliphatic heterocycles. The molecule has 0 bridgehead atoms. The fourth-order valence-corrected chi connectivity index (χ4v) is 1.29. The number of hydrogen-bond donors (Lipinski definition) is 3. The molecular formula is C6H5N9. The third-order valence-corrected chi connectivity index (χ3v) is 1.84. The first kappa shape index (κ1) is 7.79. The molecule has 0 radical (unpaired) electrons. The van der Waals surface area contributed by atoms with Crippen molar-refractivity contribution in [1.29, 1.82) is 5.41 Å². The van der Waals surface area contributed by atoms with Gasteiger partial charge >= 0.3 is 0 Å². The smallest absolute Gasteiger partial charge is 0.248 e. The fraction of sp³-hybridized carbons (Fsp3) is 0. The van der Waals surface area contributed by atoms with Gasteiger partial charge in [0.2, 0.25) is 29.3 Å². The van der Waals surface area contributed by atoms with E-state index < -0.39 is 0 Å². The molecule has 2 aromatic heterocycles. The van der Waals surface area contributed by atoms with E-state index in [9.17, 15) is 0 Å². The van der Waals surface area contributed by atoms with Gasteiger partial charge in [0.1, 0.15) is 6.33 Å². The van der Waals surface area contributed by atoms with Crippen LogP contribution in [-0.4, -0.2) is 30.3 Å². The van der Waals surface area contributed by atoms with E-state index in [4.69, 9.17) is 11.1 Å². The third-order valence-electron chi connectivity index (χ3n) is 1.84. The number of aliphatic imine (C=N–C) groups is 1. The monoisotopic (exact) mass is 203 g/mol. The second kappa shape index (κ2) is 2.47. The average molecular weight is 203 g/mol. The zero-order chi connectivity index (χ0) is 10.4. The Morgan fingerprint density at radius 3 is 3.07 bits per heavy atom. The van der Waals surface area contributed by atoms with Gasteiger partial charge in [0.15, 0.2) is 0 Å². The first-order valence-corrected chi connectivity index (χ1v) is 4.01. The van der Waals surface area contributed by atoms with Crippen LogP contribution in [0.15, 0.2) is 11.3 Å². The molecule has 0 amide bonds. The molecule has 0 aliphatic carbocycles. The first-order chi connectivity index (χ1) is 7.24. The normalized spacial score (nSPS) is 13.5. The maximum Gasteiger partial charge on any atom is 0.248 e. The van der Waals surface area contributed by atoms with Gasteiger partial charge < -0.3 is 5.73 Å². The lowest BCUT2D eigenvalue weighted by Gasteiger charge is -2.14. The number of rotatable bonds is 0. The van der Waals surface area contributed by atoms with E-state index in [1.54, 1.807) is 0 Å². The summed E-state index contributed by atoms with van der Waals surface area (Å²) in [5.74, 6) is 1.16. The summed E-state index contributed by atoms with van der Waals surface area (Å²) < 4.78 is 1.48. The largest absolute Gasteiger partial charge is 0.369 e. The molecule has 0 fully saturated rings. The van der Waals surface area contributed by atoms with E-state index in [2.05, 4.69) is 30.2 Å². The van der Waals surface area contributed by atoms with E-state index >= 15 is 0 Å². The van der Waals surface area contributed by atoms with Crippen LogP contribution in [0.5, 0.6) is 0 Å². The molecule has 0 saturated heterocycles. The van der Waals surface area contributed by atoms with Gasteiger partial charge in [0, 0.05) is 0 Å². The van der Waals surface area contributed by atoms with Crippen molar-refractivity contribution in [3.63, 3.8) is 0 Å². The Kier molecular flexibility index (Phi) is 1.28. The van der Waals surface area contributed by atoms with Crippen LogP contribution < -0.4 is 16.7 Å². The quantitative estimate of drug-likeness (QED) is 0.471. The van der Waals surface area contributed by atoms with E-state index in [1.807, 2.05) is 0 Å². The molecule has 4 N–H and O–H groups in total. The van der Waals surface area contributed by atoms with Crippen molar-refractivity contribution >= 4 is 23.6 Å². The zero-order valence-electron chi connectivity index (χ0n) is 7.34. The Hall–Kier alpha value is -2.58. The van der Waals surface area contributed by atoms with E-state index in [-0.39, 0.29) is 11.6 Å². The summed E-state index contributed by atoms with van der Waals surface area (Å²) in [5.41, 5.74) is 5.38. The Labute approximate surface area is 82.3 Å². The van der Waals surface area contributed by atoms with Crippen molar-refractivity contribution < 1.29 is 0 Å². The molecule has 2 aromatic rings. The number of nitrogens with zero attached hydrogens (tertiary/aromatic N) is 6. The molecule has 0 unspecified atom stereocenters. The minimum absolute atomic E-state index is 0.142. The number of nitrogens with two attached hydrogens (primary N) is 1. The van der Waals surface area contributed by atoms with Gasteiger partial charge in [-0.05, 0) is 0 Å². The molecule has 9 heteroatoms. The van der Waals surface area contributed by atoms with Crippen LogP contribution >= 0.6 is 0 Å². The summed E-state index contributed by atoms with van der Waals surface area (Å²) in [6.45, 7) is 0. The molecule has 9 nitrogen and oxygen atoms in total. The van der Waals surface area contributed by atoms with E-state index in [0.717, 1.165) is 0 Å². The van der Waals surface area contributed by atoms with Crippen molar-refractivity contribution in [2.45, 2.75) is 0 Å². The van der Waals surface area contributed by atoms with Gasteiger partial charge in [-0.2, -0.15) is 15.0 Å². The number of nitrogens with one attached hydrogen (secondary N) is 2. The minimum Gasteiger partial charge on any atom is -0.369 e. The Balaban J connectivity index is 2.54. The van der Waals surface area contributed by atoms with Gasteiger partial charge in [-0.25, -0.2) is 14.4 Å². The molecule has 3 heterocycles. The predicted octanol–water partition coefficient (Wildman–Crippen LogP) is -1.63. The predicted molar refractivity (Wildman–Crippen MR) is 49.3 cm³/mol. The highest BCUT2D eigenvalue weighted by atomic mass is 15.4. The molecule has 0 spiro atoms. The van der Waals surface area contributed by atoms with E-state index in [1.165, 1.54) is 10.7 Å². The van der Waals surface area contributed by atoms with Crippen molar-refractivity contribution in [2.75, 3.05) is 5.32 Å². The standard InChI is InChI=1S/C6H5N9/c7-2-11-4-9-1-10-5-12-3(8)14-6(13-2)15(4)5/h1H,(H4,7,8,9,10,11,12,13,14). The first-order valence-electron chi connectivity index (χ1n) is 4.01. The van der Waals surface area contributed by atoms with Crippen molar-refractivity contribution in [1.82, 2.24) is 24.3 Å². The summed E-state index contributed by atoms with van der Waals surface area (Å²) in [5, 5.41) is 10.1. The third kappa shape index (κ3) is 1.03. The van der Waals surface area contributed by atoms with Crippen LogP contribution in [-0.2, 0) is 0 Å². The highest BCUT2D eigenvalue weighted by Gasteiger charge is 2.14. The second-order valence-electron chi connectivity index (χ2n) is 2.80. The Morgan fingerprint density at radius 1 is 1.33 bits per heavy atom.